The van der Waals surface area contributed by atoms with Gasteiger partial charge in [0.15, 0.2) is 0 Å². The number of unbranched alkanes of at least 4 members (excludes halogenated alkanes) is 3. The van der Waals surface area contributed by atoms with Crippen LogP contribution in [0.5, 0.6) is 5.75 Å². The van der Waals surface area contributed by atoms with E-state index in [9.17, 15) is 52.2 Å². The normalized spacial score (nSPS) is 17.7. The summed E-state index contributed by atoms with van der Waals surface area (Å²) in [5.74, 6) is -3.26. The lowest BCUT2D eigenvalue weighted by Crippen LogP contribution is -2.50. The van der Waals surface area contributed by atoms with E-state index >= 15 is 0 Å². The number of amides is 5. The zero-order chi connectivity index (χ0) is 65.9. The van der Waals surface area contributed by atoms with Gasteiger partial charge in [-0.15, -0.1) is 6.42 Å². The second-order valence-corrected chi connectivity index (χ2v) is 22.5. The Balaban J connectivity index is 0.895. The van der Waals surface area contributed by atoms with Gasteiger partial charge in [0.2, 0.25) is 23.6 Å². The first-order valence-electron chi connectivity index (χ1n) is 30.8. The van der Waals surface area contributed by atoms with Crippen LogP contribution < -0.4 is 31.6 Å². The number of carboxylic acid groups (broad SMARTS) is 1. The number of nitrogens with one attached hydrogen (secondary N) is 5. The van der Waals surface area contributed by atoms with Gasteiger partial charge in [-0.05, 0) is 69.0 Å². The van der Waals surface area contributed by atoms with Gasteiger partial charge in [0.05, 0.1) is 62.2 Å². The predicted octanol–water partition coefficient (Wildman–Crippen LogP) is 1.10. The molecule has 3 fully saturated rings. The molecule has 500 valence electrons. The third-order valence-electron chi connectivity index (χ3n) is 15.5. The average Bonchev–Trinajstić information content (AvgIpc) is 1.22. The van der Waals surface area contributed by atoms with Crippen LogP contribution in [0.15, 0.2) is 70.0 Å². The van der Waals surface area contributed by atoms with Crippen molar-refractivity contribution in [2.24, 2.45) is 15.3 Å². The number of likely N-dealkylation sites (tertiary alicyclic amines) is 1. The smallest absolute Gasteiger partial charge is 0.317 e. The van der Waals surface area contributed by atoms with E-state index in [0.717, 1.165) is 48.5 Å². The first kappa shape index (κ1) is 72.3. The fourth-order valence-electron chi connectivity index (χ4n) is 10.4. The molecular weight excluding hydrogens is 1200 g/mol. The summed E-state index contributed by atoms with van der Waals surface area (Å²) in [4.78, 5) is 116. The minimum absolute atomic E-state index is 0.0000960. The number of carbonyl (C=O) groups excluding carboxylic acids is 7. The number of alkyl halides is 2. The van der Waals surface area contributed by atoms with E-state index in [1.807, 2.05) is 50.8 Å². The molecule has 6 N–H and O–H groups in total. The van der Waals surface area contributed by atoms with Crippen molar-refractivity contribution in [1.29, 1.82) is 0 Å². The highest BCUT2D eigenvalue weighted by molar-refractivity contribution is 6.07. The molecule has 0 aliphatic carbocycles. The number of hydrogen-bond acceptors (Lipinski definition) is 22. The molecule has 92 heavy (non-hydrogen) atoms. The molecule has 3 aromatic rings. The van der Waals surface area contributed by atoms with Crippen molar-refractivity contribution in [3.8, 4) is 18.1 Å². The molecule has 5 amide bonds. The van der Waals surface area contributed by atoms with Crippen molar-refractivity contribution in [2.75, 3.05) is 138 Å². The van der Waals surface area contributed by atoms with E-state index in [0.29, 0.717) is 127 Å². The molecule has 4 heterocycles. The summed E-state index contributed by atoms with van der Waals surface area (Å²) in [7, 11) is 0. The second-order valence-electron chi connectivity index (χ2n) is 22.5. The SMILES string of the molecule is C#C[C@H]1CC(F)(F)CN1C(=O)CNC(=O)c1ccnc2ccc(OCCCCN3CCN(C(=O)CCCCCC(=O)N/N=C\C(C/C=N/NCN/N=C/c4ccc(C)cc4)NC(=O)CN4CCN(COC=O)CCN(COC=O)CCN(CC(=O)O)CC4)CC3)cc12. The number of terminal acetylenes is 1. The van der Waals surface area contributed by atoms with E-state index in [1.165, 1.54) is 18.5 Å². The molecule has 0 radical (unpaired) electrons. The largest absolute Gasteiger partial charge is 0.494 e. The molecule has 3 saturated heterocycles. The number of carboxylic acids is 1. The molecule has 0 saturated carbocycles. The van der Waals surface area contributed by atoms with Gasteiger partial charge in [0, 0.05) is 128 Å². The Kier molecular flexibility index (Phi) is 31.0. The lowest BCUT2D eigenvalue weighted by atomic mass is 10.1. The Morgan fingerprint density at radius 2 is 1.41 bits per heavy atom. The number of benzene rings is 2. The summed E-state index contributed by atoms with van der Waals surface area (Å²) in [6, 6.07) is 12.8. The second kappa shape index (κ2) is 39.5. The third-order valence-corrected chi connectivity index (χ3v) is 15.5. The van der Waals surface area contributed by atoms with E-state index in [1.54, 1.807) is 35.5 Å². The monoisotopic (exact) mass is 1280 g/mol. The van der Waals surface area contributed by atoms with Crippen LogP contribution in [0, 0.1) is 19.3 Å². The number of hydrazone groups is 3. The van der Waals surface area contributed by atoms with Crippen molar-refractivity contribution >= 4 is 78.0 Å². The molecule has 30 heteroatoms. The lowest BCUT2D eigenvalue weighted by Gasteiger charge is -2.34. The number of aliphatic carboxylic acids is 1. The molecule has 3 aliphatic rings. The van der Waals surface area contributed by atoms with E-state index in [2.05, 4.69) is 58.0 Å². The number of aryl methyl sites for hydroxylation is 1. The van der Waals surface area contributed by atoms with Crippen molar-refractivity contribution in [3.05, 3.63) is 71.4 Å². The summed E-state index contributed by atoms with van der Waals surface area (Å²) in [5, 5.41) is 28.2. The van der Waals surface area contributed by atoms with Crippen LogP contribution >= 0.6 is 0 Å². The Hall–Kier alpha value is -8.76. The molecule has 0 spiro atoms. The Morgan fingerprint density at radius 3 is 2.09 bits per heavy atom. The molecule has 28 nitrogen and oxygen atoms in total. The van der Waals surface area contributed by atoms with Crippen LogP contribution in [0.25, 0.3) is 10.9 Å². The van der Waals surface area contributed by atoms with E-state index < -0.39 is 55.3 Å². The first-order chi connectivity index (χ1) is 44.5. The molecule has 1 aromatic heterocycles. The zero-order valence-electron chi connectivity index (χ0n) is 52.1. The summed E-state index contributed by atoms with van der Waals surface area (Å²) >= 11 is 0. The maximum absolute atomic E-state index is 13.9. The average molecular weight is 1290 g/mol. The van der Waals surface area contributed by atoms with Gasteiger partial charge in [0.25, 0.3) is 24.8 Å². The fraction of sp³-hybridized carbons (Fsp3) is 0.548. The number of piperazine rings is 1. The van der Waals surface area contributed by atoms with Gasteiger partial charge in [-0.3, -0.25) is 78.7 Å². The Labute approximate surface area is 534 Å². The molecule has 1 unspecified atom stereocenters. The van der Waals surface area contributed by atoms with Crippen LogP contribution in [0.1, 0.15) is 79.3 Å². The number of nitrogens with zero attached hydrogens (tertiary/aromatic N) is 11. The molecule has 2 aromatic carbocycles. The van der Waals surface area contributed by atoms with Gasteiger partial charge >= 0.3 is 5.97 Å². The Bertz CT molecular complexity index is 3000. The van der Waals surface area contributed by atoms with Crippen molar-refractivity contribution < 1.29 is 66.5 Å². The zero-order valence-corrected chi connectivity index (χ0v) is 52.1. The van der Waals surface area contributed by atoms with Crippen molar-refractivity contribution in [3.63, 3.8) is 0 Å². The van der Waals surface area contributed by atoms with Crippen molar-refractivity contribution in [1.82, 2.24) is 66.2 Å². The number of fused-ring (bicyclic) bond motifs is 1. The van der Waals surface area contributed by atoms with Gasteiger partial charge in [-0.25, -0.2) is 14.2 Å². The lowest BCUT2D eigenvalue weighted by molar-refractivity contribution is -0.139. The van der Waals surface area contributed by atoms with Crippen LogP contribution in [0.3, 0.4) is 0 Å². The quantitative estimate of drug-likeness (QED) is 0.0120. The maximum Gasteiger partial charge on any atom is 0.317 e. The summed E-state index contributed by atoms with van der Waals surface area (Å²) < 4.78 is 44.0. The molecule has 2 atom stereocenters. The molecule has 3 aliphatic heterocycles. The number of halogens is 2. The van der Waals surface area contributed by atoms with Crippen LogP contribution in [-0.2, 0) is 43.0 Å². The van der Waals surface area contributed by atoms with Gasteiger partial charge in [-0.1, -0.05) is 42.2 Å². The highest BCUT2D eigenvalue weighted by atomic mass is 19.3. The first-order valence-corrected chi connectivity index (χ1v) is 30.8. The maximum atomic E-state index is 13.9. The van der Waals surface area contributed by atoms with Gasteiger partial charge < -0.3 is 39.8 Å². The molecule has 0 bridgehead atoms. The topological polar surface area (TPSA) is 317 Å². The molecule has 6 rings (SSSR count). The standard InChI is InChI=1S/C62H86F2N16O12/c1-3-51-36-62(63,64)42-80(51)59(86)39-66-61(89)53-18-19-65-55-16-15-52(35-54(53)55)92-34-8-7-21-74-30-32-79(33-31-74)58(85)10-6-4-5-9-56(83)73-69-38-50(17-20-67-70-43-71-68-37-49-13-11-48(2)12-14-49)72-57(84)40-75-22-23-76(41-60(87)88)25-27-78(45-91-47-82)29-28-77(26-24-75)44-90-46-81/h1,11-16,18-20,35,37-38,46-47,50-51,70-71H,4-10,17,21-34,36,39-45H2,2H3,(H,66,89)(H,72,84)(H,73,83)(H,87,88)/b67-20+,68-37+,69-38-/t50?,51-/m0/s1. The highest BCUT2D eigenvalue weighted by Gasteiger charge is 2.46. The number of hydrogen-bond donors (Lipinski definition) is 6. The van der Waals surface area contributed by atoms with Crippen LogP contribution in [0.2, 0.25) is 0 Å². The molecular formula is C62H86F2N16O12. The van der Waals surface area contributed by atoms with E-state index in [-0.39, 0.29) is 69.3 Å². The number of rotatable bonds is 35. The number of carbonyl (C=O) groups is 8. The number of aromatic nitrogens is 1. The van der Waals surface area contributed by atoms with E-state index in [4.69, 9.17) is 20.6 Å². The summed E-state index contributed by atoms with van der Waals surface area (Å²) in [6.45, 7) is 8.10. The number of pyridine rings is 1. The fourth-order valence-corrected chi connectivity index (χ4v) is 10.4. The number of ether oxygens (including phenoxy) is 3. The predicted molar refractivity (Wildman–Crippen MR) is 338 cm³/mol. The van der Waals surface area contributed by atoms with Crippen LogP contribution in [0.4, 0.5) is 8.78 Å². The van der Waals surface area contributed by atoms with Gasteiger partial charge in [-0.2, -0.15) is 15.3 Å². The summed E-state index contributed by atoms with van der Waals surface area (Å²) in [6.07, 6.45) is 15.0. The van der Waals surface area contributed by atoms with Crippen LogP contribution in [-0.4, -0.2) is 267 Å². The third kappa shape index (κ3) is 26.6. The minimum atomic E-state index is -3.09. The van der Waals surface area contributed by atoms with Crippen molar-refractivity contribution in [2.45, 2.75) is 82.7 Å². The summed E-state index contributed by atoms with van der Waals surface area (Å²) in [5.41, 5.74) is 11.1. The van der Waals surface area contributed by atoms with Gasteiger partial charge in [0.1, 0.15) is 25.9 Å². The minimum Gasteiger partial charge on any atom is -0.494 e. The Morgan fingerprint density at radius 1 is 0.761 bits per heavy atom. The highest BCUT2D eigenvalue weighted by Crippen LogP contribution is 2.32.